The summed E-state index contributed by atoms with van der Waals surface area (Å²) < 4.78 is 0. The predicted octanol–water partition coefficient (Wildman–Crippen LogP) is -6.36. The summed E-state index contributed by atoms with van der Waals surface area (Å²) in [5.74, 6) is -7.56. The number of nitrogens with one attached hydrogen (secondary N) is 5. The normalized spacial score (nSPS) is 18.1. The number of hydrogen-bond acceptors (Lipinski definition) is 14. The van der Waals surface area contributed by atoms with Crippen molar-refractivity contribution >= 4 is 65.0 Å². The summed E-state index contributed by atoms with van der Waals surface area (Å²) in [5, 5.41) is 51.7. The van der Waals surface area contributed by atoms with E-state index in [1.807, 2.05) is 0 Å². The number of guanidine groups is 1. The number of aliphatic hydroxyl groups excluding tert-OH is 3. The molecular weight excluding hydrogens is 762 g/mol. The van der Waals surface area contributed by atoms with Gasteiger partial charge in [0.1, 0.15) is 42.3 Å². The van der Waals surface area contributed by atoms with Crippen molar-refractivity contribution in [2.75, 3.05) is 31.7 Å². The molecule has 23 nitrogen and oxygen atoms in total. The number of aliphatic hydroxyl groups is 3. The Labute approximate surface area is 327 Å². The second kappa shape index (κ2) is 24.7. The van der Waals surface area contributed by atoms with E-state index in [0.717, 1.165) is 11.8 Å². The topological polar surface area (TPSA) is 397 Å². The van der Waals surface area contributed by atoms with Gasteiger partial charge in [0.25, 0.3) is 0 Å². The van der Waals surface area contributed by atoms with Gasteiger partial charge in [0.2, 0.25) is 41.4 Å². The third-order valence-corrected chi connectivity index (χ3v) is 9.28. The van der Waals surface area contributed by atoms with Crippen LogP contribution in [0, 0.1) is 0 Å². The van der Waals surface area contributed by atoms with E-state index >= 15 is 0 Å². The van der Waals surface area contributed by atoms with Crippen molar-refractivity contribution < 1.29 is 58.8 Å². The second-order valence-electron chi connectivity index (χ2n) is 13.2. The summed E-state index contributed by atoms with van der Waals surface area (Å²) in [6.07, 6.45) is -1.08. The van der Waals surface area contributed by atoms with Crippen LogP contribution in [-0.2, 0) is 38.4 Å². The summed E-state index contributed by atoms with van der Waals surface area (Å²) in [4.78, 5) is 108. The number of primary amides is 1. The Morgan fingerprint density at radius 2 is 1.39 bits per heavy atom. The Morgan fingerprint density at radius 1 is 0.804 bits per heavy atom. The van der Waals surface area contributed by atoms with Gasteiger partial charge in [-0.05, 0) is 64.4 Å². The third-order valence-electron chi connectivity index (χ3n) is 8.64. The number of amides is 7. The quantitative estimate of drug-likeness (QED) is 0.0231. The molecule has 0 unspecified atom stereocenters. The van der Waals surface area contributed by atoms with Crippen LogP contribution >= 0.6 is 11.8 Å². The number of carboxylic acids is 1. The fraction of sp³-hybridized carbons (Fsp3) is 0.719. The molecule has 0 radical (unpaired) electrons. The number of likely N-dealkylation sites (tertiary alicyclic amines) is 1. The Morgan fingerprint density at radius 3 is 1.93 bits per heavy atom. The van der Waals surface area contributed by atoms with Gasteiger partial charge in [0, 0.05) is 19.5 Å². The molecule has 0 saturated carbocycles. The molecule has 318 valence electrons. The van der Waals surface area contributed by atoms with Crippen molar-refractivity contribution in [3.63, 3.8) is 0 Å². The van der Waals surface area contributed by atoms with Crippen molar-refractivity contribution in [1.82, 2.24) is 31.5 Å². The predicted molar refractivity (Wildman–Crippen MR) is 202 cm³/mol. The first-order valence-corrected chi connectivity index (χ1v) is 19.2. The first-order chi connectivity index (χ1) is 26.2. The molecule has 1 aliphatic rings. The number of rotatable bonds is 25. The number of nitrogens with zero attached hydrogens (tertiary/aromatic N) is 2. The van der Waals surface area contributed by atoms with Crippen LogP contribution in [0.25, 0.3) is 0 Å². The van der Waals surface area contributed by atoms with Gasteiger partial charge < -0.3 is 74.8 Å². The molecule has 0 aromatic rings. The number of carbonyl (C=O) groups excluding carboxylic acids is 7. The maximum Gasteiger partial charge on any atom is 0.326 e. The summed E-state index contributed by atoms with van der Waals surface area (Å²) in [6.45, 7) is 1.61. The number of nitrogens with two attached hydrogens (primary N) is 4. The van der Waals surface area contributed by atoms with Gasteiger partial charge in [-0.1, -0.05) is 0 Å². The highest BCUT2D eigenvalue weighted by Gasteiger charge is 2.40. The molecule has 0 aromatic carbocycles. The zero-order valence-corrected chi connectivity index (χ0v) is 32.5. The Balaban J connectivity index is 3.12. The van der Waals surface area contributed by atoms with E-state index in [1.54, 1.807) is 6.26 Å². The fourth-order valence-electron chi connectivity index (χ4n) is 5.46. The largest absolute Gasteiger partial charge is 0.480 e. The van der Waals surface area contributed by atoms with Crippen molar-refractivity contribution in [2.45, 2.75) is 113 Å². The maximum atomic E-state index is 13.5. The third kappa shape index (κ3) is 16.5. The van der Waals surface area contributed by atoms with Gasteiger partial charge in [-0.25, -0.2) is 4.79 Å². The molecule has 1 rings (SSSR count). The zero-order valence-electron chi connectivity index (χ0n) is 31.6. The SMILES string of the molecule is CSCC[C@H](NC(=O)[C@H](CCC(N)=O)NC(=O)[C@@H](N)[C@@H](C)O)C(=O)N[C@H](C(=O)N[C@@H](CO)C(=O)N1CCC[C@H]1C(=O)N[C@@H](CCCN=C(N)N)C(=O)O)[C@@H](C)O. The Kier molecular flexibility index (Phi) is 21.7. The molecule has 9 atom stereocenters. The van der Waals surface area contributed by atoms with E-state index in [1.165, 1.54) is 18.7 Å². The van der Waals surface area contributed by atoms with Gasteiger partial charge in [0.05, 0.1) is 18.8 Å². The zero-order chi connectivity index (χ0) is 42.7. The average molecular weight is 820 g/mol. The minimum Gasteiger partial charge on any atom is -0.480 e. The van der Waals surface area contributed by atoms with E-state index in [2.05, 4.69) is 31.6 Å². The van der Waals surface area contributed by atoms with Gasteiger partial charge in [-0.3, -0.25) is 38.6 Å². The molecule has 24 heteroatoms. The molecule has 0 spiro atoms. The van der Waals surface area contributed by atoms with Gasteiger partial charge in [-0.2, -0.15) is 11.8 Å². The molecule has 17 N–H and O–H groups in total. The van der Waals surface area contributed by atoms with Crippen LogP contribution in [0.4, 0.5) is 0 Å². The lowest BCUT2D eigenvalue weighted by Gasteiger charge is -2.30. The average Bonchev–Trinajstić information content (AvgIpc) is 3.63. The highest BCUT2D eigenvalue weighted by molar-refractivity contribution is 7.98. The maximum absolute atomic E-state index is 13.5. The first-order valence-electron chi connectivity index (χ1n) is 17.9. The van der Waals surface area contributed by atoms with Crippen molar-refractivity contribution in [2.24, 2.45) is 27.9 Å². The number of carbonyl (C=O) groups is 8. The Hall–Kier alpha value is -4.78. The van der Waals surface area contributed by atoms with Crippen LogP contribution < -0.4 is 49.5 Å². The van der Waals surface area contributed by atoms with Crippen LogP contribution in [0.5, 0.6) is 0 Å². The molecule has 0 aromatic heterocycles. The number of hydrogen-bond donors (Lipinski definition) is 13. The highest BCUT2D eigenvalue weighted by Crippen LogP contribution is 2.19. The molecule has 1 fully saturated rings. The van der Waals surface area contributed by atoms with Crippen LogP contribution in [0.15, 0.2) is 4.99 Å². The molecule has 1 heterocycles. The van der Waals surface area contributed by atoms with Gasteiger partial charge >= 0.3 is 5.97 Å². The molecule has 1 aliphatic heterocycles. The van der Waals surface area contributed by atoms with Crippen molar-refractivity contribution in [3.8, 4) is 0 Å². The van der Waals surface area contributed by atoms with Crippen LogP contribution in [0.1, 0.15) is 58.8 Å². The van der Waals surface area contributed by atoms with Crippen LogP contribution in [-0.4, -0.2) is 165 Å². The van der Waals surface area contributed by atoms with Crippen molar-refractivity contribution in [3.05, 3.63) is 0 Å². The number of aliphatic imine (C=N–C) groups is 1. The molecular formula is C32H57N11O12S. The molecule has 7 amide bonds. The second-order valence-corrected chi connectivity index (χ2v) is 14.2. The summed E-state index contributed by atoms with van der Waals surface area (Å²) in [7, 11) is 0. The summed E-state index contributed by atoms with van der Waals surface area (Å²) >= 11 is 1.31. The molecule has 0 bridgehead atoms. The Bertz CT molecular complexity index is 1420. The van der Waals surface area contributed by atoms with E-state index in [0.29, 0.717) is 12.2 Å². The van der Waals surface area contributed by atoms with Gasteiger partial charge in [-0.15, -0.1) is 0 Å². The van der Waals surface area contributed by atoms with E-state index < -0.39 is 108 Å². The standard InChI is InChI=1S/C32H57N11O12S/c1-15(45)23(34)28(51)39-17(8-9-22(33)47)25(48)38-18(10-13-56-3)26(49)42-24(16(2)46)29(52)41-20(14-44)30(53)43-12-5-7-21(43)27(50)40-19(31(54)55)6-4-11-37-32(35)36/h15-21,23-24,44-46H,4-14,34H2,1-3H3,(H2,33,47)(H,38,48)(H,39,51)(H,40,50)(H,41,52)(H,42,49)(H,54,55)(H4,35,36,37)/t15-,16-,17+,18+,19+,20+,21+,23+,24+/m1/s1. The summed E-state index contributed by atoms with van der Waals surface area (Å²) in [6, 6.07) is -10.1. The highest BCUT2D eigenvalue weighted by atomic mass is 32.2. The van der Waals surface area contributed by atoms with E-state index in [4.69, 9.17) is 22.9 Å². The molecule has 56 heavy (non-hydrogen) atoms. The minimum absolute atomic E-state index is 0.00821. The fourth-order valence-corrected chi connectivity index (χ4v) is 5.93. The van der Waals surface area contributed by atoms with E-state index in [-0.39, 0.29) is 57.6 Å². The summed E-state index contributed by atoms with van der Waals surface area (Å²) in [5.41, 5.74) is 21.4. The minimum atomic E-state index is -1.74. The first kappa shape index (κ1) is 49.2. The van der Waals surface area contributed by atoms with Crippen LogP contribution in [0.3, 0.4) is 0 Å². The van der Waals surface area contributed by atoms with Gasteiger partial charge in [0.15, 0.2) is 5.96 Å². The molecule has 0 aliphatic carbocycles. The van der Waals surface area contributed by atoms with E-state index in [9.17, 15) is 58.8 Å². The number of aliphatic carboxylic acids is 1. The smallest absolute Gasteiger partial charge is 0.326 e. The monoisotopic (exact) mass is 819 g/mol. The lowest BCUT2D eigenvalue weighted by atomic mass is 10.1. The van der Waals surface area contributed by atoms with Crippen molar-refractivity contribution in [1.29, 1.82) is 0 Å². The number of carboxylic acid groups (broad SMARTS) is 1. The lowest BCUT2D eigenvalue weighted by Crippen LogP contribution is -2.62. The van der Waals surface area contributed by atoms with Crippen LogP contribution in [0.2, 0.25) is 0 Å². The lowest BCUT2D eigenvalue weighted by molar-refractivity contribution is -0.145. The number of thioether (sulfide) groups is 1. The molecule has 1 saturated heterocycles.